The lowest BCUT2D eigenvalue weighted by atomic mass is 9.49. The Balaban J connectivity index is 0.743. The van der Waals surface area contributed by atoms with Crippen LogP contribution < -0.4 is 25.6 Å². The Hall–Kier alpha value is -5.64. The standard InChI is InChI=1S/C57H75ClN10O6S/c1-35(38-10-12-39(13-11-38)48-36(2)61-34-75-48)62-51(72)45-28-42(69)32-68(45)52(73)49(55(3,4)5)63-47(70)33-66-22-19-37(20-23-66)18-21-65-24-26-67(27-25-65)46-17-15-41(31-60-46)50(71)64-53-56(6,7)54(57(53,8)9)74-43-16-14-40(30-59)44(58)29-43/h10-17,29,31,34-35,37,42,45,49,53-54,69H,18-28,32-33H2,1-9H3,(H,62,72)(H,63,70)(H,64,71)/t35-,42+,45-,49+,53-,54-/m0/s1. The third-order valence-electron chi connectivity index (χ3n) is 16.1. The monoisotopic (exact) mass is 1060 g/mol. The number of thiazole rings is 1. The highest BCUT2D eigenvalue weighted by Crippen LogP contribution is 2.55. The molecule has 402 valence electrons. The largest absolute Gasteiger partial charge is 0.489 e. The maximum Gasteiger partial charge on any atom is 0.253 e. The number of aromatic nitrogens is 2. The third-order valence-corrected chi connectivity index (χ3v) is 17.4. The van der Waals surface area contributed by atoms with E-state index in [4.69, 9.17) is 21.3 Å². The number of nitrogens with one attached hydrogen (secondary N) is 3. The molecule has 0 spiro atoms. The van der Waals surface area contributed by atoms with E-state index >= 15 is 0 Å². The zero-order chi connectivity index (χ0) is 54.0. The van der Waals surface area contributed by atoms with Crippen LogP contribution in [-0.4, -0.2) is 143 Å². The van der Waals surface area contributed by atoms with E-state index in [1.54, 1.807) is 35.7 Å². The van der Waals surface area contributed by atoms with Gasteiger partial charge in [-0.15, -0.1) is 11.3 Å². The van der Waals surface area contributed by atoms with E-state index in [1.165, 1.54) is 4.90 Å². The maximum absolute atomic E-state index is 14.3. The van der Waals surface area contributed by atoms with Gasteiger partial charge >= 0.3 is 0 Å². The number of nitrogens with zero attached hydrogens (tertiary/aromatic N) is 7. The van der Waals surface area contributed by atoms with Gasteiger partial charge in [0.1, 0.15) is 35.8 Å². The third kappa shape index (κ3) is 12.6. The number of halogens is 1. The smallest absolute Gasteiger partial charge is 0.253 e. The second-order valence-corrected chi connectivity index (χ2v) is 24.7. The Morgan fingerprint density at radius 2 is 1.63 bits per heavy atom. The molecular formula is C57H75ClN10O6S. The summed E-state index contributed by atoms with van der Waals surface area (Å²) in [7, 11) is 0. The number of hydrogen-bond donors (Lipinski definition) is 4. The number of piperidine rings is 1. The number of hydrogen-bond acceptors (Lipinski definition) is 13. The zero-order valence-corrected chi connectivity index (χ0v) is 46.6. The van der Waals surface area contributed by atoms with Crippen LogP contribution >= 0.6 is 22.9 Å². The number of nitriles is 1. The van der Waals surface area contributed by atoms with Crippen LogP contribution in [0.3, 0.4) is 0 Å². The molecule has 4 amide bonds. The zero-order valence-electron chi connectivity index (χ0n) is 45.0. The lowest BCUT2D eigenvalue weighted by Crippen LogP contribution is -2.74. The highest BCUT2D eigenvalue weighted by Gasteiger charge is 2.64. The van der Waals surface area contributed by atoms with Gasteiger partial charge in [-0.05, 0) is 99.5 Å². The van der Waals surface area contributed by atoms with Gasteiger partial charge in [0.2, 0.25) is 17.7 Å². The molecule has 4 fully saturated rings. The lowest BCUT2D eigenvalue weighted by molar-refractivity contribution is -0.164. The molecule has 0 unspecified atom stereocenters. The van der Waals surface area contributed by atoms with Crippen molar-refractivity contribution >= 4 is 52.4 Å². The number of carbonyl (C=O) groups is 4. The van der Waals surface area contributed by atoms with Crippen molar-refractivity contribution in [3.05, 3.63) is 93.7 Å². The first kappa shape index (κ1) is 55.6. The molecule has 1 aliphatic carbocycles. The van der Waals surface area contributed by atoms with Gasteiger partial charge in [0.05, 0.1) is 50.9 Å². The molecule has 16 nitrogen and oxygen atoms in total. The van der Waals surface area contributed by atoms with E-state index in [1.807, 2.05) is 76.5 Å². The molecule has 4 atom stereocenters. The summed E-state index contributed by atoms with van der Waals surface area (Å²) in [5.41, 5.74) is 4.27. The summed E-state index contributed by atoms with van der Waals surface area (Å²) >= 11 is 7.86. The van der Waals surface area contributed by atoms with Crippen molar-refractivity contribution in [2.75, 3.05) is 63.8 Å². The summed E-state index contributed by atoms with van der Waals surface area (Å²) in [5, 5.41) is 29.7. The number of benzene rings is 2. The summed E-state index contributed by atoms with van der Waals surface area (Å²) in [6.45, 7) is 24.3. The van der Waals surface area contributed by atoms with Crippen molar-refractivity contribution < 1.29 is 29.0 Å². The molecular weight excluding hydrogens is 988 g/mol. The highest BCUT2D eigenvalue weighted by molar-refractivity contribution is 7.13. The van der Waals surface area contributed by atoms with Gasteiger partial charge in [-0.25, -0.2) is 9.97 Å². The quantitative estimate of drug-likeness (QED) is 0.0880. The molecule has 0 radical (unpaired) electrons. The summed E-state index contributed by atoms with van der Waals surface area (Å²) in [6, 6.07) is 16.7. The first-order chi connectivity index (χ1) is 35.5. The van der Waals surface area contributed by atoms with Crippen molar-refractivity contribution in [3.8, 4) is 22.3 Å². The summed E-state index contributed by atoms with van der Waals surface area (Å²) in [4.78, 5) is 73.8. The minimum atomic E-state index is -0.886. The predicted molar refractivity (Wildman–Crippen MR) is 292 cm³/mol. The molecule has 4 N–H and O–H groups in total. The number of amides is 4. The first-order valence-electron chi connectivity index (χ1n) is 26.4. The number of aliphatic hydroxyl groups excluding tert-OH is 1. The van der Waals surface area contributed by atoms with Gasteiger partial charge in [0.15, 0.2) is 0 Å². The molecule has 2 aromatic heterocycles. The molecule has 8 rings (SSSR count). The predicted octanol–water partition coefficient (Wildman–Crippen LogP) is 7.24. The van der Waals surface area contributed by atoms with Gasteiger partial charge in [0.25, 0.3) is 5.91 Å². The number of likely N-dealkylation sites (tertiary alicyclic amines) is 2. The second-order valence-electron chi connectivity index (χ2n) is 23.4. The summed E-state index contributed by atoms with van der Waals surface area (Å²) < 4.78 is 6.39. The van der Waals surface area contributed by atoms with Gasteiger partial charge in [-0.1, -0.05) is 84.3 Å². The van der Waals surface area contributed by atoms with E-state index in [-0.39, 0.29) is 72.2 Å². The van der Waals surface area contributed by atoms with Crippen molar-refractivity contribution in [3.63, 3.8) is 0 Å². The number of rotatable bonds is 16. The number of pyridine rings is 1. The van der Waals surface area contributed by atoms with E-state index in [9.17, 15) is 29.5 Å². The second kappa shape index (κ2) is 22.9. The molecule has 4 aliphatic rings. The SMILES string of the molecule is Cc1ncsc1-c1ccc([C@H](C)NC(=O)[C@@H]2C[C@@H](O)CN2C(=O)[C@@H](NC(=O)CN2CCC(CCN3CCN(c4ccc(C(=O)N[C@H]5C(C)(C)[C@H](Oc6ccc(C#N)c(Cl)c6)C5(C)C)cn4)CC3)CC2)C(C)(C)C)cc1. The van der Waals surface area contributed by atoms with Crippen LogP contribution in [0.5, 0.6) is 5.75 Å². The van der Waals surface area contributed by atoms with Crippen LogP contribution in [0.25, 0.3) is 10.4 Å². The molecule has 4 aromatic rings. The first-order valence-corrected chi connectivity index (χ1v) is 27.7. The van der Waals surface area contributed by atoms with E-state index in [0.29, 0.717) is 27.8 Å². The van der Waals surface area contributed by atoms with Crippen LogP contribution in [0.2, 0.25) is 5.02 Å². The highest BCUT2D eigenvalue weighted by atomic mass is 35.5. The molecule has 75 heavy (non-hydrogen) atoms. The van der Waals surface area contributed by atoms with E-state index in [0.717, 1.165) is 92.6 Å². The molecule has 1 saturated carbocycles. The van der Waals surface area contributed by atoms with E-state index < -0.39 is 23.6 Å². The number of aliphatic hydroxyl groups is 1. The van der Waals surface area contributed by atoms with Crippen LogP contribution in [0.1, 0.15) is 114 Å². The van der Waals surface area contributed by atoms with Crippen molar-refractivity contribution in [1.82, 2.24) is 40.6 Å². The Morgan fingerprint density at radius 3 is 2.23 bits per heavy atom. The Labute approximate surface area is 451 Å². The molecule has 2 aromatic carbocycles. The van der Waals surface area contributed by atoms with Gasteiger partial charge < -0.3 is 35.6 Å². The Morgan fingerprint density at radius 1 is 0.933 bits per heavy atom. The van der Waals surface area contributed by atoms with Crippen LogP contribution in [-0.2, 0) is 14.4 Å². The minimum absolute atomic E-state index is 0.0193. The fourth-order valence-electron chi connectivity index (χ4n) is 11.9. The Bertz CT molecular complexity index is 2710. The van der Waals surface area contributed by atoms with E-state index in [2.05, 4.69) is 69.4 Å². The summed E-state index contributed by atoms with van der Waals surface area (Å²) in [5.74, 6) is 0.890. The molecule has 3 aliphatic heterocycles. The average Bonchev–Trinajstić information content (AvgIpc) is 4.00. The molecule has 3 saturated heterocycles. The molecule has 5 heterocycles. The van der Waals surface area contributed by atoms with Crippen molar-refractivity contribution in [2.45, 2.75) is 124 Å². The minimum Gasteiger partial charge on any atom is -0.489 e. The van der Waals surface area contributed by atoms with Crippen molar-refractivity contribution in [1.29, 1.82) is 5.26 Å². The fourth-order valence-corrected chi connectivity index (χ4v) is 13.0. The number of β-amino-alcohol motifs (C(OH)–C–C–N with tert-alkyl or cyclic N) is 1. The number of aryl methyl sites for hydroxylation is 1. The van der Waals surface area contributed by atoms with Gasteiger partial charge in [-0.3, -0.25) is 29.0 Å². The summed E-state index contributed by atoms with van der Waals surface area (Å²) in [6.07, 6.45) is 3.80. The van der Waals surface area contributed by atoms with Crippen LogP contribution in [0, 0.1) is 40.4 Å². The number of carbonyl (C=O) groups excluding carboxylic acids is 4. The van der Waals surface area contributed by atoms with Gasteiger partial charge in [-0.2, -0.15) is 5.26 Å². The number of ether oxygens (including phenoxy) is 1. The van der Waals surface area contributed by atoms with Crippen molar-refractivity contribution in [2.24, 2.45) is 22.2 Å². The topological polar surface area (TPSA) is 196 Å². The Kier molecular flexibility index (Phi) is 17.0. The van der Waals surface area contributed by atoms with Crippen LogP contribution in [0.15, 0.2) is 66.3 Å². The van der Waals surface area contributed by atoms with Crippen LogP contribution in [0.4, 0.5) is 5.82 Å². The number of anilines is 1. The maximum atomic E-state index is 14.3. The fraction of sp³-hybridized carbons (Fsp3) is 0.561. The average molecular weight is 1060 g/mol. The lowest BCUT2D eigenvalue weighted by Gasteiger charge is -2.63. The normalized spacial score (nSPS) is 22.9. The molecule has 0 bridgehead atoms. The molecule has 18 heteroatoms. The number of piperazine rings is 1. The van der Waals surface area contributed by atoms with Gasteiger partial charge in [0, 0.05) is 68.3 Å².